The van der Waals surface area contributed by atoms with Crippen LogP contribution in [0, 0.1) is 11.3 Å². The molecule has 0 radical (unpaired) electrons. The van der Waals surface area contributed by atoms with E-state index in [0.717, 1.165) is 11.1 Å². The zero-order chi connectivity index (χ0) is 24.9. The smallest absolute Gasteiger partial charge is 0.269 e. The predicted octanol–water partition coefficient (Wildman–Crippen LogP) is 2.58. The van der Waals surface area contributed by atoms with E-state index >= 15 is 0 Å². The molecule has 1 aromatic carbocycles. The second-order valence-electron chi connectivity index (χ2n) is 8.56. The van der Waals surface area contributed by atoms with Crippen molar-refractivity contribution < 1.29 is 19.1 Å². The molecule has 0 aliphatic carbocycles. The number of rotatable bonds is 6. The number of methoxy groups -OCH3 is 1. The van der Waals surface area contributed by atoms with Crippen molar-refractivity contribution in [1.29, 1.82) is 5.41 Å². The largest absolute Gasteiger partial charge is 0.481 e. The highest BCUT2D eigenvalue weighted by atomic mass is 35.5. The molecule has 10 heteroatoms. The number of halogens is 1. The Balaban J connectivity index is 1.33. The molecule has 9 nitrogen and oxygen atoms in total. The van der Waals surface area contributed by atoms with Gasteiger partial charge in [0.15, 0.2) is 0 Å². The van der Waals surface area contributed by atoms with Gasteiger partial charge in [0.1, 0.15) is 0 Å². The van der Waals surface area contributed by atoms with Crippen LogP contribution >= 0.6 is 11.6 Å². The standard InChI is InChI=1S/C25H28ClN5O4/c1-34-23-10-18(19(26)12-29-23)20(27)11-21(28)25(33)31-8-6-15(7-9-31)24(32)30-22-14-35-13-16-4-2-3-5-17(16)22/h2-5,10-12,15,22,27H,6-9,13-14,28H2,1H3,(H,30,32). The van der Waals surface area contributed by atoms with Crippen molar-refractivity contribution in [3.63, 3.8) is 0 Å². The Bertz CT molecular complexity index is 1160. The fourth-order valence-electron chi connectivity index (χ4n) is 4.35. The molecule has 1 fully saturated rings. The summed E-state index contributed by atoms with van der Waals surface area (Å²) in [5, 5.41) is 11.7. The molecule has 2 aliphatic heterocycles. The van der Waals surface area contributed by atoms with Crippen molar-refractivity contribution in [2.75, 3.05) is 26.8 Å². The van der Waals surface area contributed by atoms with E-state index in [1.807, 2.05) is 24.3 Å². The maximum atomic E-state index is 12.9. The highest BCUT2D eigenvalue weighted by Gasteiger charge is 2.30. The number of aromatic nitrogens is 1. The summed E-state index contributed by atoms with van der Waals surface area (Å²) in [5.74, 6) is -0.301. The molecule has 4 N–H and O–H groups in total. The van der Waals surface area contributed by atoms with Gasteiger partial charge in [0.25, 0.3) is 5.91 Å². The van der Waals surface area contributed by atoms with Crippen LogP contribution in [0.1, 0.15) is 35.6 Å². The van der Waals surface area contributed by atoms with Gasteiger partial charge < -0.3 is 30.8 Å². The molecule has 4 rings (SSSR count). The number of likely N-dealkylation sites (tertiary alicyclic amines) is 1. The van der Waals surface area contributed by atoms with Crippen molar-refractivity contribution in [1.82, 2.24) is 15.2 Å². The first kappa shape index (κ1) is 24.7. The Morgan fingerprint density at radius 1 is 1.31 bits per heavy atom. The summed E-state index contributed by atoms with van der Waals surface area (Å²) in [6, 6.07) is 9.29. The van der Waals surface area contributed by atoms with Crippen LogP contribution in [0.4, 0.5) is 0 Å². The molecule has 1 saturated heterocycles. The third kappa shape index (κ3) is 5.63. The van der Waals surface area contributed by atoms with Gasteiger partial charge in [-0.05, 0) is 30.0 Å². The zero-order valence-electron chi connectivity index (χ0n) is 19.4. The van der Waals surface area contributed by atoms with E-state index in [1.165, 1.54) is 25.4 Å². The number of carbonyl (C=O) groups is 2. The van der Waals surface area contributed by atoms with Gasteiger partial charge in [-0.3, -0.25) is 9.59 Å². The molecular formula is C25H28ClN5O4. The lowest BCUT2D eigenvalue weighted by Crippen LogP contribution is -2.45. The highest BCUT2D eigenvalue weighted by Crippen LogP contribution is 2.26. The third-order valence-electron chi connectivity index (χ3n) is 6.32. The number of ether oxygens (including phenoxy) is 2. The van der Waals surface area contributed by atoms with E-state index < -0.39 is 0 Å². The molecule has 0 bridgehead atoms. The molecule has 1 unspecified atom stereocenters. The van der Waals surface area contributed by atoms with Crippen LogP contribution in [0.3, 0.4) is 0 Å². The summed E-state index contributed by atoms with van der Waals surface area (Å²) >= 11 is 6.13. The number of amides is 2. The lowest BCUT2D eigenvalue weighted by molar-refractivity contribution is -0.133. The number of benzene rings is 1. The van der Waals surface area contributed by atoms with Gasteiger partial charge in [0.05, 0.1) is 49.0 Å². The molecule has 2 aromatic rings. The quantitative estimate of drug-likeness (QED) is 0.415. The Morgan fingerprint density at radius 2 is 2.06 bits per heavy atom. The summed E-state index contributed by atoms with van der Waals surface area (Å²) in [6.45, 7) is 1.80. The fourth-order valence-corrected chi connectivity index (χ4v) is 4.56. The van der Waals surface area contributed by atoms with Gasteiger partial charge in [-0.15, -0.1) is 0 Å². The molecule has 2 aliphatic rings. The first-order chi connectivity index (χ1) is 16.9. The predicted molar refractivity (Wildman–Crippen MR) is 131 cm³/mol. The minimum Gasteiger partial charge on any atom is -0.481 e. The van der Waals surface area contributed by atoms with Crippen molar-refractivity contribution in [2.24, 2.45) is 11.7 Å². The molecule has 2 amide bonds. The number of hydrogen-bond acceptors (Lipinski definition) is 7. The number of piperidine rings is 1. The van der Waals surface area contributed by atoms with E-state index in [-0.39, 0.29) is 40.2 Å². The molecule has 1 aromatic heterocycles. The van der Waals surface area contributed by atoms with E-state index in [2.05, 4.69) is 10.3 Å². The normalized spacial score (nSPS) is 18.5. The molecule has 1 atom stereocenters. The minimum absolute atomic E-state index is 0.0224. The summed E-state index contributed by atoms with van der Waals surface area (Å²) < 4.78 is 10.7. The lowest BCUT2D eigenvalue weighted by atomic mass is 9.93. The fraction of sp³-hybridized carbons (Fsp3) is 0.360. The molecule has 0 spiro atoms. The number of nitrogens with one attached hydrogen (secondary N) is 2. The van der Waals surface area contributed by atoms with Gasteiger partial charge in [0, 0.05) is 30.6 Å². The van der Waals surface area contributed by atoms with Crippen LogP contribution in [0.5, 0.6) is 5.88 Å². The summed E-state index contributed by atoms with van der Waals surface area (Å²) in [5.41, 5.74) is 8.46. The highest BCUT2D eigenvalue weighted by molar-refractivity contribution is 6.34. The molecule has 0 saturated carbocycles. The molecule has 3 heterocycles. The first-order valence-corrected chi connectivity index (χ1v) is 11.8. The van der Waals surface area contributed by atoms with Crippen LogP contribution in [0.15, 0.2) is 48.3 Å². The van der Waals surface area contributed by atoms with Gasteiger partial charge in [-0.2, -0.15) is 0 Å². The van der Waals surface area contributed by atoms with Gasteiger partial charge >= 0.3 is 0 Å². The maximum absolute atomic E-state index is 12.9. The summed E-state index contributed by atoms with van der Waals surface area (Å²) in [7, 11) is 1.46. The molecule has 184 valence electrons. The molecular weight excluding hydrogens is 470 g/mol. The van der Waals surface area contributed by atoms with Crippen LogP contribution in [-0.2, 0) is 20.9 Å². The first-order valence-electron chi connectivity index (χ1n) is 11.4. The number of nitrogens with zero attached hydrogens (tertiary/aromatic N) is 2. The van der Waals surface area contributed by atoms with Crippen LogP contribution in [0.25, 0.3) is 0 Å². The van der Waals surface area contributed by atoms with E-state index in [1.54, 1.807) is 4.90 Å². The number of allylic oxidation sites excluding steroid dienone is 1. The lowest BCUT2D eigenvalue weighted by Gasteiger charge is -2.33. The second-order valence-corrected chi connectivity index (χ2v) is 8.97. The summed E-state index contributed by atoms with van der Waals surface area (Å²) in [6.07, 6.45) is 3.72. The van der Waals surface area contributed by atoms with E-state index in [9.17, 15) is 9.59 Å². The number of fused-ring (bicyclic) bond motifs is 1. The van der Waals surface area contributed by atoms with E-state index in [0.29, 0.717) is 50.6 Å². The molecule has 35 heavy (non-hydrogen) atoms. The van der Waals surface area contributed by atoms with Crippen LogP contribution < -0.4 is 15.8 Å². The van der Waals surface area contributed by atoms with Gasteiger partial charge in [-0.25, -0.2) is 4.98 Å². The topological polar surface area (TPSA) is 131 Å². The van der Waals surface area contributed by atoms with Crippen molar-refractivity contribution >= 4 is 29.1 Å². The van der Waals surface area contributed by atoms with Crippen LogP contribution in [-0.4, -0.2) is 54.2 Å². The van der Waals surface area contributed by atoms with Crippen molar-refractivity contribution in [3.05, 3.63) is 70.0 Å². The Morgan fingerprint density at radius 3 is 2.80 bits per heavy atom. The van der Waals surface area contributed by atoms with Crippen molar-refractivity contribution in [2.45, 2.75) is 25.5 Å². The zero-order valence-corrected chi connectivity index (χ0v) is 20.2. The number of pyridine rings is 1. The maximum Gasteiger partial charge on any atom is 0.269 e. The number of carbonyl (C=O) groups excluding carboxylic acids is 2. The van der Waals surface area contributed by atoms with Gasteiger partial charge in [-0.1, -0.05) is 35.9 Å². The summed E-state index contributed by atoms with van der Waals surface area (Å²) in [4.78, 5) is 31.4. The third-order valence-corrected chi connectivity index (χ3v) is 6.62. The van der Waals surface area contributed by atoms with Crippen LogP contribution in [0.2, 0.25) is 5.02 Å². The monoisotopic (exact) mass is 497 g/mol. The van der Waals surface area contributed by atoms with Gasteiger partial charge in [0.2, 0.25) is 11.8 Å². The SMILES string of the molecule is COc1cc(C(=N)C=C(N)C(=O)N2CCC(C(=O)NC3COCc4ccccc43)CC2)c(Cl)cn1. The Hall–Kier alpha value is -3.43. The average Bonchev–Trinajstić information content (AvgIpc) is 2.88. The Kier molecular flexibility index (Phi) is 7.67. The number of hydrogen-bond donors (Lipinski definition) is 3. The Labute approximate surface area is 208 Å². The minimum atomic E-state index is -0.375. The number of nitrogens with two attached hydrogens (primary N) is 1. The average molecular weight is 498 g/mol. The van der Waals surface area contributed by atoms with E-state index in [4.69, 9.17) is 32.2 Å². The van der Waals surface area contributed by atoms with Crippen molar-refractivity contribution in [3.8, 4) is 5.88 Å². The second kappa shape index (κ2) is 10.9.